The molecule has 0 aliphatic carbocycles. The number of pyridine rings is 1. The van der Waals surface area contributed by atoms with Crippen LogP contribution in [0.5, 0.6) is 0 Å². The Labute approximate surface area is 90.5 Å². The fourth-order valence-electron chi connectivity index (χ4n) is 1.30. The van der Waals surface area contributed by atoms with Crippen LogP contribution in [0.3, 0.4) is 0 Å². The molecule has 4 heteroatoms. The van der Waals surface area contributed by atoms with Crippen LogP contribution in [0.1, 0.15) is 5.69 Å². The first-order chi connectivity index (χ1) is 6.58. The summed E-state index contributed by atoms with van der Waals surface area (Å²) < 4.78 is 13.1. The Bertz CT molecular complexity index is 511. The summed E-state index contributed by atoms with van der Waals surface area (Å²) in [6.45, 7) is 1.80. The first-order valence-electron chi connectivity index (χ1n) is 4.00. The monoisotopic (exact) mass is 229 g/mol. The summed E-state index contributed by atoms with van der Waals surface area (Å²) in [5.74, 6) is -0.478. The van der Waals surface area contributed by atoms with Gasteiger partial charge < -0.3 is 0 Å². The molecule has 2 rings (SSSR count). The highest BCUT2D eigenvalue weighted by Gasteiger charge is 2.06. The number of benzene rings is 1. The fraction of sp³-hybridized carbons (Fsp3) is 0.100. The second-order valence-corrected chi connectivity index (χ2v) is 3.84. The highest BCUT2D eigenvalue weighted by molar-refractivity contribution is 6.36. The SMILES string of the molecule is Cc1cc(Cl)c2cc(Cl)c(F)cc2n1. The summed E-state index contributed by atoms with van der Waals surface area (Å²) in [6, 6.07) is 4.50. The zero-order valence-electron chi connectivity index (χ0n) is 7.31. The van der Waals surface area contributed by atoms with Gasteiger partial charge in [0.05, 0.1) is 15.6 Å². The molecule has 1 aromatic heterocycles. The summed E-state index contributed by atoms with van der Waals surface area (Å²) in [4.78, 5) is 4.16. The van der Waals surface area contributed by atoms with Crippen LogP contribution in [-0.4, -0.2) is 4.98 Å². The second kappa shape index (κ2) is 3.37. The van der Waals surface area contributed by atoms with E-state index in [0.717, 1.165) is 5.69 Å². The van der Waals surface area contributed by atoms with Crippen molar-refractivity contribution in [1.29, 1.82) is 0 Å². The zero-order chi connectivity index (χ0) is 10.3. The lowest BCUT2D eigenvalue weighted by Crippen LogP contribution is -1.87. The number of hydrogen-bond donors (Lipinski definition) is 0. The standard InChI is InChI=1S/C10H6Cl2FN/c1-5-2-7(11)6-3-8(12)9(13)4-10(6)14-5/h2-4H,1H3. The van der Waals surface area contributed by atoms with Gasteiger partial charge in [-0.2, -0.15) is 0 Å². The van der Waals surface area contributed by atoms with Crippen molar-refractivity contribution in [3.63, 3.8) is 0 Å². The molecule has 0 radical (unpaired) electrons. The maximum Gasteiger partial charge on any atom is 0.143 e. The first-order valence-corrected chi connectivity index (χ1v) is 4.75. The molecule has 0 amide bonds. The normalized spacial score (nSPS) is 10.9. The summed E-state index contributed by atoms with van der Waals surface area (Å²) in [5, 5.41) is 1.27. The van der Waals surface area contributed by atoms with Gasteiger partial charge in [-0.1, -0.05) is 23.2 Å². The van der Waals surface area contributed by atoms with Gasteiger partial charge in [-0.25, -0.2) is 4.39 Å². The molecule has 0 atom stereocenters. The number of nitrogens with zero attached hydrogens (tertiary/aromatic N) is 1. The van der Waals surface area contributed by atoms with Gasteiger partial charge in [-0.3, -0.25) is 4.98 Å². The minimum atomic E-state index is -0.478. The smallest absolute Gasteiger partial charge is 0.143 e. The summed E-state index contributed by atoms with van der Waals surface area (Å²) in [7, 11) is 0. The lowest BCUT2D eigenvalue weighted by Gasteiger charge is -2.03. The molecule has 0 spiro atoms. The number of aryl methyl sites for hydroxylation is 1. The van der Waals surface area contributed by atoms with Gasteiger partial charge in [0.25, 0.3) is 0 Å². The molecule has 0 saturated heterocycles. The summed E-state index contributed by atoms with van der Waals surface area (Å²) >= 11 is 11.6. The Morgan fingerprint density at radius 2 is 1.86 bits per heavy atom. The van der Waals surface area contributed by atoms with E-state index >= 15 is 0 Å². The van der Waals surface area contributed by atoms with E-state index in [-0.39, 0.29) is 5.02 Å². The van der Waals surface area contributed by atoms with E-state index < -0.39 is 5.82 Å². The lowest BCUT2D eigenvalue weighted by molar-refractivity contribution is 0.630. The van der Waals surface area contributed by atoms with Gasteiger partial charge in [0, 0.05) is 17.1 Å². The van der Waals surface area contributed by atoms with Crippen LogP contribution in [0.2, 0.25) is 10.0 Å². The molecule has 0 fully saturated rings. The molecule has 14 heavy (non-hydrogen) atoms. The van der Waals surface area contributed by atoms with Crippen molar-refractivity contribution in [2.24, 2.45) is 0 Å². The van der Waals surface area contributed by atoms with Gasteiger partial charge in [0.2, 0.25) is 0 Å². The van der Waals surface area contributed by atoms with Crippen LogP contribution < -0.4 is 0 Å². The quantitative estimate of drug-likeness (QED) is 0.666. The zero-order valence-corrected chi connectivity index (χ0v) is 8.83. The minimum Gasteiger partial charge on any atom is -0.253 e. The number of rotatable bonds is 0. The third-order valence-electron chi connectivity index (χ3n) is 1.93. The number of aromatic nitrogens is 1. The van der Waals surface area contributed by atoms with Crippen LogP contribution in [0.15, 0.2) is 18.2 Å². The molecule has 1 aromatic carbocycles. The molecule has 2 aromatic rings. The van der Waals surface area contributed by atoms with E-state index in [1.54, 1.807) is 13.0 Å². The molecule has 72 valence electrons. The molecule has 0 aliphatic rings. The Morgan fingerprint density at radius 3 is 2.57 bits per heavy atom. The van der Waals surface area contributed by atoms with Gasteiger partial charge in [0.1, 0.15) is 5.82 Å². The Balaban J connectivity index is 2.89. The topological polar surface area (TPSA) is 12.9 Å². The fourth-order valence-corrected chi connectivity index (χ4v) is 1.78. The van der Waals surface area contributed by atoms with E-state index in [2.05, 4.69) is 4.98 Å². The van der Waals surface area contributed by atoms with Gasteiger partial charge in [-0.15, -0.1) is 0 Å². The average molecular weight is 230 g/mol. The van der Waals surface area contributed by atoms with E-state index in [1.807, 2.05) is 0 Å². The molecule has 0 N–H and O–H groups in total. The van der Waals surface area contributed by atoms with Crippen LogP contribution in [-0.2, 0) is 0 Å². The minimum absolute atomic E-state index is 0.0602. The number of hydrogen-bond acceptors (Lipinski definition) is 1. The third kappa shape index (κ3) is 1.56. The molecule has 0 bridgehead atoms. The Morgan fingerprint density at radius 1 is 1.14 bits per heavy atom. The van der Waals surface area contributed by atoms with Crippen molar-refractivity contribution in [3.8, 4) is 0 Å². The second-order valence-electron chi connectivity index (χ2n) is 3.03. The van der Waals surface area contributed by atoms with Crippen molar-refractivity contribution in [2.45, 2.75) is 6.92 Å². The van der Waals surface area contributed by atoms with Crippen LogP contribution in [0.4, 0.5) is 4.39 Å². The lowest BCUT2D eigenvalue weighted by atomic mass is 10.2. The molecule has 0 aliphatic heterocycles. The van der Waals surface area contributed by atoms with Crippen LogP contribution >= 0.6 is 23.2 Å². The predicted octanol–water partition coefficient (Wildman–Crippen LogP) is 3.99. The van der Waals surface area contributed by atoms with Crippen LogP contribution in [0, 0.1) is 12.7 Å². The molecular formula is C10H6Cl2FN. The Hall–Kier alpha value is -0.860. The molecule has 0 saturated carbocycles. The van der Waals surface area contributed by atoms with E-state index in [9.17, 15) is 4.39 Å². The number of halogens is 3. The van der Waals surface area contributed by atoms with Crippen molar-refractivity contribution in [1.82, 2.24) is 4.98 Å². The number of fused-ring (bicyclic) bond motifs is 1. The average Bonchev–Trinajstić information content (AvgIpc) is 2.08. The van der Waals surface area contributed by atoms with Gasteiger partial charge >= 0.3 is 0 Å². The maximum absolute atomic E-state index is 13.1. The van der Waals surface area contributed by atoms with E-state index in [0.29, 0.717) is 15.9 Å². The summed E-state index contributed by atoms with van der Waals surface area (Å²) in [6.07, 6.45) is 0. The predicted molar refractivity (Wildman–Crippen MR) is 56.5 cm³/mol. The van der Waals surface area contributed by atoms with Gasteiger partial charge in [-0.05, 0) is 19.1 Å². The van der Waals surface area contributed by atoms with Crippen molar-refractivity contribution >= 4 is 34.1 Å². The van der Waals surface area contributed by atoms with Crippen molar-refractivity contribution in [3.05, 3.63) is 39.8 Å². The third-order valence-corrected chi connectivity index (χ3v) is 2.53. The highest BCUT2D eigenvalue weighted by Crippen LogP contribution is 2.27. The van der Waals surface area contributed by atoms with Crippen molar-refractivity contribution < 1.29 is 4.39 Å². The molecule has 1 nitrogen and oxygen atoms in total. The Kier molecular flexibility index (Phi) is 2.33. The highest BCUT2D eigenvalue weighted by atomic mass is 35.5. The van der Waals surface area contributed by atoms with E-state index in [1.165, 1.54) is 12.1 Å². The molecule has 0 unspecified atom stereocenters. The maximum atomic E-state index is 13.1. The largest absolute Gasteiger partial charge is 0.253 e. The van der Waals surface area contributed by atoms with Crippen LogP contribution in [0.25, 0.3) is 10.9 Å². The first kappa shape index (κ1) is 9.69. The molecule has 1 heterocycles. The van der Waals surface area contributed by atoms with Gasteiger partial charge in [0.15, 0.2) is 0 Å². The molecular weight excluding hydrogens is 224 g/mol. The van der Waals surface area contributed by atoms with Crippen molar-refractivity contribution in [2.75, 3.05) is 0 Å². The van der Waals surface area contributed by atoms with E-state index in [4.69, 9.17) is 23.2 Å². The summed E-state index contributed by atoms with van der Waals surface area (Å²) in [5.41, 5.74) is 1.28.